The molecular formula is C28H25N3O4S. The van der Waals surface area contributed by atoms with Crippen molar-refractivity contribution < 1.29 is 19.4 Å². The molecular weight excluding hydrogens is 474 g/mol. The molecule has 1 amide bonds. The summed E-state index contributed by atoms with van der Waals surface area (Å²) in [5, 5.41) is 12.7. The van der Waals surface area contributed by atoms with E-state index in [4.69, 9.17) is 4.74 Å². The highest BCUT2D eigenvalue weighted by Gasteiger charge is 2.46. The molecule has 0 aliphatic carbocycles. The molecule has 2 unspecified atom stereocenters. The third kappa shape index (κ3) is 3.73. The predicted octanol–water partition coefficient (Wildman–Crippen LogP) is 5.36. The maximum absolute atomic E-state index is 14.0. The Morgan fingerprint density at radius 2 is 1.97 bits per heavy atom. The normalized spacial score (nSPS) is 20.1. The van der Waals surface area contributed by atoms with E-state index in [9.17, 15) is 14.7 Å². The molecule has 2 aliphatic heterocycles. The van der Waals surface area contributed by atoms with Crippen LogP contribution in [0, 0.1) is 6.92 Å². The van der Waals surface area contributed by atoms with E-state index in [-0.39, 0.29) is 17.5 Å². The number of carbonyl (C=O) groups is 2. The molecule has 4 aromatic rings. The van der Waals surface area contributed by atoms with E-state index < -0.39 is 17.7 Å². The summed E-state index contributed by atoms with van der Waals surface area (Å²) in [6, 6.07) is 16.7. The molecule has 0 bridgehead atoms. The average molecular weight is 500 g/mol. The van der Waals surface area contributed by atoms with Gasteiger partial charge in [-0.05, 0) is 25.8 Å². The molecule has 8 heteroatoms. The van der Waals surface area contributed by atoms with E-state index in [1.807, 2.05) is 60.8 Å². The van der Waals surface area contributed by atoms with Gasteiger partial charge in [0.2, 0.25) is 5.78 Å². The number of thiazole rings is 1. The number of fused-ring (bicyclic) bond motifs is 1. The van der Waals surface area contributed by atoms with Gasteiger partial charge < -0.3 is 19.7 Å². The molecule has 0 spiro atoms. The summed E-state index contributed by atoms with van der Waals surface area (Å²) in [7, 11) is 0. The van der Waals surface area contributed by atoms with Crippen molar-refractivity contribution in [3.05, 3.63) is 88.3 Å². The maximum Gasteiger partial charge on any atom is 0.290 e. The molecule has 7 nitrogen and oxygen atoms in total. The number of Topliss-reactive ketones (excluding diaryl/α,β-unsaturated/α-hetero) is 1. The van der Waals surface area contributed by atoms with Crippen LogP contribution in [0.5, 0.6) is 0 Å². The Morgan fingerprint density at radius 3 is 2.75 bits per heavy atom. The summed E-state index contributed by atoms with van der Waals surface area (Å²) in [5.74, 6) is -1.42. The Bertz CT molecular complexity index is 1500. The highest BCUT2D eigenvalue weighted by Crippen LogP contribution is 2.43. The minimum atomic E-state index is -0.730. The fraction of sp³-hybridized carbons (Fsp3) is 0.250. The molecule has 2 atom stereocenters. The number of aliphatic hydroxyl groups is 1. The number of amides is 1. The second-order valence-corrected chi connectivity index (χ2v) is 10.2. The molecule has 1 fully saturated rings. The van der Waals surface area contributed by atoms with Crippen LogP contribution < -0.4 is 0 Å². The molecule has 1 saturated heterocycles. The summed E-state index contributed by atoms with van der Waals surface area (Å²) in [5.41, 5.74) is 3.25. The SMILES string of the molecule is Cc1nc(-c2ccccc2)sc1C(=O)C1=C(O)C(=O)N(CC2CCCO2)C1c1c[nH]c2ccccc12. The number of hydrogen-bond acceptors (Lipinski definition) is 6. The summed E-state index contributed by atoms with van der Waals surface area (Å²) >= 11 is 1.28. The lowest BCUT2D eigenvalue weighted by atomic mass is 9.94. The third-order valence-electron chi connectivity index (χ3n) is 6.91. The summed E-state index contributed by atoms with van der Waals surface area (Å²) < 4.78 is 5.81. The minimum absolute atomic E-state index is 0.0918. The highest BCUT2D eigenvalue weighted by atomic mass is 32.1. The molecule has 0 radical (unpaired) electrons. The van der Waals surface area contributed by atoms with Gasteiger partial charge >= 0.3 is 0 Å². The van der Waals surface area contributed by atoms with Gasteiger partial charge in [-0.2, -0.15) is 0 Å². The third-order valence-corrected chi connectivity index (χ3v) is 8.12. The average Bonchev–Trinajstić information content (AvgIpc) is 3.68. The van der Waals surface area contributed by atoms with Gasteiger partial charge in [0, 0.05) is 41.4 Å². The minimum Gasteiger partial charge on any atom is -0.503 e. The second kappa shape index (κ2) is 9.04. The van der Waals surface area contributed by atoms with E-state index in [1.165, 1.54) is 11.3 Å². The zero-order chi connectivity index (χ0) is 24.8. The van der Waals surface area contributed by atoms with Crippen molar-refractivity contribution in [2.45, 2.75) is 31.9 Å². The molecule has 4 heterocycles. The van der Waals surface area contributed by atoms with Crippen LogP contribution >= 0.6 is 11.3 Å². The topological polar surface area (TPSA) is 95.5 Å². The summed E-state index contributed by atoms with van der Waals surface area (Å²) in [4.78, 5) is 37.3. The van der Waals surface area contributed by atoms with Crippen molar-refractivity contribution in [2.75, 3.05) is 13.2 Å². The fourth-order valence-electron chi connectivity index (χ4n) is 5.16. The van der Waals surface area contributed by atoms with E-state index >= 15 is 0 Å². The van der Waals surface area contributed by atoms with Crippen molar-refractivity contribution >= 4 is 33.9 Å². The smallest absolute Gasteiger partial charge is 0.290 e. The highest BCUT2D eigenvalue weighted by molar-refractivity contribution is 7.17. The first-order valence-electron chi connectivity index (χ1n) is 12.0. The maximum atomic E-state index is 14.0. The van der Waals surface area contributed by atoms with Crippen LogP contribution in [0.15, 0.2) is 72.1 Å². The molecule has 0 saturated carbocycles. The Hall–Kier alpha value is -3.75. The van der Waals surface area contributed by atoms with Crippen LogP contribution in [0.1, 0.15) is 39.8 Å². The van der Waals surface area contributed by atoms with Gasteiger partial charge in [0.25, 0.3) is 5.91 Å². The molecule has 2 N–H and O–H groups in total. The van der Waals surface area contributed by atoms with Crippen molar-refractivity contribution in [1.82, 2.24) is 14.9 Å². The standard InChI is InChI=1S/C28H25N3O4S/c1-16-26(36-27(30-16)17-8-3-2-4-9-17)24(32)22-23(20-14-29-21-12-6-5-11-19(20)21)31(28(34)25(22)33)15-18-10-7-13-35-18/h2-6,8-9,11-12,14,18,23,29,33H,7,10,13,15H2,1H3. The monoisotopic (exact) mass is 499 g/mol. The summed E-state index contributed by atoms with van der Waals surface area (Å²) in [6.07, 6.45) is 3.46. The number of benzene rings is 2. The number of aliphatic hydroxyl groups excluding tert-OH is 1. The number of nitrogens with one attached hydrogen (secondary N) is 1. The number of carbonyl (C=O) groups excluding carboxylic acids is 2. The number of aryl methyl sites for hydroxylation is 1. The Kier molecular flexibility index (Phi) is 5.70. The molecule has 36 heavy (non-hydrogen) atoms. The van der Waals surface area contributed by atoms with E-state index in [0.29, 0.717) is 23.7 Å². The van der Waals surface area contributed by atoms with Crippen molar-refractivity contribution in [1.29, 1.82) is 0 Å². The Morgan fingerprint density at radius 1 is 1.19 bits per heavy atom. The number of hydrogen-bond donors (Lipinski definition) is 2. The van der Waals surface area contributed by atoms with Crippen LogP contribution in [0.3, 0.4) is 0 Å². The van der Waals surface area contributed by atoms with Crippen LogP contribution in [-0.4, -0.2) is 50.9 Å². The summed E-state index contributed by atoms with van der Waals surface area (Å²) in [6.45, 7) is 2.74. The molecule has 2 aromatic heterocycles. The second-order valence-electron chi connectivity index (χ2n) is 9.18. The molecule has 182 valence electrons. The number of ketones is 1. The number of ether oxygens (including phenoxy) is 1. The first-order valence-corrected chi connectivity index (χ1v) is 12.8. The largest absolute Gasteiger partial charge is 0.503 e. The molecule has 6 rings (SSSR count). The number of para-hydroxylation sites is 1. The first-order chi connectivity index (χ1) is 17.5. The van der Waals surface area contributed by atoms with Crippen LogP contribution in [-0.2, 0) is 9.53 Å². The van der Waals surface area contributed by atoms with Crippen LogP contribution in [0.2, 0.25) is 0 Å². The lowest BCUT2D eigenvalue weighted by molar-refractivity contribution is -0.131. The van der Waals surface area contributed by atoms with Crippen molar-refractivity contribution in [3.63, 3.8) is 0 Å². The number of H-pyrrole nitrogens is 1. The predicted molar refractivity (Wildman–Crippen MR) is 138 cm³/mol. The fourth-order valence-corrected chi connectivity index (χ4v) is 6.18. The molecule has 2 aromatic carbocycles. The lowest BCUT2D eigenvalue weighted by Gasteiger charge is -2.28. The van der Waals surface area contributed by atoms with Gasteiger partial charge in [0.1, 0.15) is 5.01 Å². The van der Waals surface area contributed by atoms with Crippen LogP contribution in [0.25, 0.3) is 21.5 Å². The van der Waals surface area contributed by atoms with Gasteiger partial charge in [-0.15, -0.1) is 11.3 Å². The first kappa shape index (κ1) is 22.7. The lowest BCUT2D eigenvalue weighted by Crippen LogP contribution is -2.37. The Labute approximate surface area is 212 Å². The van der Waals surface area contributed by atoms with Gasteiger partial charge in [-0.3, -0.25) is 9.59 Å². The van der Waals surface area contributed by atoms with E-state index in [1.54, 1.807) is 11.8 Å². The van der Waals surface area contributed by atoms with Gasteiger partial charge in [-0.1, -0.05) is 48.5 Å². The Balaban J connectivity index is 1.45. The van der Waals surface area contributed by atoms with Gasteiger partial charge in [-0.25, -0.2) is 4.98 Å². The number of nitrogens with zero attached hydrogens (tertiary/aromatic N) is 2. The van der Waals surface area contributed by atoms with Crippen LogP contribution in [0.4, 0.5) is 0 Å². The van der Waals surface area contributed by atoms with Crippen molar-refractivity contribution in [3.8, 4) is 10.6 Å². The van der Waals surface area contributed by atoms with Gasteiger partial charge in [0.15, 0.2) is 5.76 Å². The zero-order valence-electron chi connectivity index (χ0n) is 19.7. The number of aromatic nitrogens is 2. The van der Waals surface area contributed by atoms with E-state index in [2.05, 4.69) is 9.97 Å². The number of aromatic amines is 1. The van der Waals surface area contributed by atoms with Crippen molar-refractivity contribution in [2.24, 2.45) is 0 Å². The molecule has 2 aliphatic rings. The van der Waals surface area contributed by atoms with E-state index in [0.717, 1.165) is 39.9 Å². The quantitative estimate of drug-likeness (QED) is 0.349. The number of rotatable bonds is 6. The zero-order valence-corrected chi connectivity index (χ0v) is 20.5. The van der Waals surface area contributed by atoms with Gasteiger partial charge in [0.05, 0.1) is 28.3 Å².